The van der Waals surface area contributed by atoms with Crippen molar-refractivity contribution in [2.45, 2.75) is 58.0 Å². The fraction of sp³-hybridized carbons (Fsp3) is 0.733. The standard InChI is InChI=1S/C15H24O/c1-11(2)13-7-9-14(4)8-5-6-12(3)15(14,16)10-13/h13,16H,1,3,5-10H2,2,4H3/t13-,14-,15+/m0/s1. The van der Waals surface area contributed by atoms with E-state index in [-0.39, 0.29) is 5.41 Å². The number of fused-ring (bicyclic) bond motifs is 1. The Kier molecular flexibility index (Phi) is 2.78. The molecule has 2 aliphatic rings. The van der Waals surface area contributed by atoms with Gasteiger partial charge in [-0.25, -0.2) is 0 Å². The summed E-state index contributed by atoms with van der Waals surface area (Å²) in [5.41, 5.74) is 1.71. The van der Waals surface area contributed by atoms with E-state index in [1.807, 2.05) is 0 Å². The molecule has 0 saturated heterocycles. The van der Waals surface area contributed by atoms with Crippen molar-refractivity contribution in [1.29, 1.82) is 0 Å². The Morgan fingerprint density at radius 1 is 1.44 bits per heavy atom. The molecular weight excluding hydrogens is 196 g/mol. The van der Waals surface area contributed by atoms with Crippen LogP contribution in [-0.4, -0.2) is 10.7 Å². The highest BCUT2D eigenvalue weighted by atomic mass is 16.3. The van der Waals surface area contributed by atoms with Crippen LogP contribution in [0.3, 0.4) is 0 Å². The smallest absolute Gasteiger partial charge is 0.0913 e. The summed E-state index contributed by atoms with van der Waals surface area (Å²) in [6.07, 6.45) is 6.47. The summed E-state index contributed by atoms with van der Waals surface area (Å²) in [6.45, 7) is 12.5. The van der Waals surface area contributed by atoms with Crippen LogP contribution in [0.2, 0.25) is 0 Å². The predicted octanol–water partition coefficient (Wildman–Crippen LogP) is 3.84. The predicted molar refractivity (Wildman–Crippen MR) is 68.2 cm³/mol. The fourth-order valence-corrected chi connectivity index (χ4v) is 3.63. The highest BCUT2D eigenvalue weighted by Crippen LogP contribution is 2.56. The van der Waals surface area contributed by atoms with Gasteiger partial charge < -0.3 is 5.11 Å². The average Bonchev–Trinajstić information content (AvgIpc) is 2.20. The van der Waals surface area contributed by atoms with E-state index in [9.17, 15) is 5.11 Å². The van der Waals surface area contributed by atoms with Crippen LogP contribution in [0.1, 0.15) is 52.4 Å². The van der Waals surface area contributed by atoms with Gasteiger partial charge >= 0.3 is 0 Å². The van der Waals surface area contributed by atoms with Gasteiger partial charge in [-0.3, -0.25) is 0 Å². The van der Waals surface area contributed by atoms with Crippen LogP contribution in [0, 0.1) is 11.3 Å². The van der Waals surface area contributed by atoms with Gasteiger partial charge in [0.05, 0.1) is 5.60 Å². The monoisotopic (exact) mass is 220 g/mol. The van der Waals surface area contributed by atoms with Gasteiger partial charge in [-0.15, -0.1) is 0 Å². The van der Waals surface area contributed by atoms with Crippen molar-refractivity contribution in [2.75, 3.05) is 0 Å². The quantitative estimate of drug-likeness (QED) is 0.666. The van der Waals surface area contributed by atoms with Crippen molar-refractivity contribution < 1.29 is 5.11 Å². The number of aliphatic hydroxyl groups is 1. The zero-order chi connectivity index (χ0) is 12.0. The molecule has 2 fully saturated rings. The van der Waals surface area contributed by atoms with Gasteiger partial charge in [0.15, 0.2) is 0 Å². The van der Waals surface area contributed by atoms with Gasteiger partial charge in [0.2, 0.25) is 0 Å². The van der Waals surface area contributed by atoms with E-state index < -0.39 is 5.60 Å². The lowest BCUT2D eigenvalue weighted by Gasteiger charge is -2.55. The molecule has 2 aliphatic carbocycles. The van der Waals surface area contributed by atoms with Crippen LogP contribution in [-0.2, 0) is 0 Å². The molecule has 0 aromatic carbocycles. The van der Waals surface area contributed by atoms with Gasteiger partial charge in [0.25, 0.3) is 0 Å². The molecule has 0 amide bonds. The lowest BCUT2D eigenvalue weighted by molar-refractivity contribution is -0.106. The number of hydrogen-bond acceptors (Lipinski definition) is 1. The maximum Gasteiger partial charge on any atom is 0.0913 e. The molecule has 0 unspecified atom stereocenters. The fourth-order valence-electron chi connectivity index (χ4n) is 3.63. The van der Waals surface area contributed by atoms with Crippen LogP contribution < -0.4 is 0 Å². The van der Waals surface area contributed by atoms with E-state index in [2.05, 4.69) is 27.0 Å². The summed E-state index contributed by atoms with van der Waals surface area (Å²) in [5.74, 6) is 0.480. The highest BCUT2D eigenvalue weighted by molar-refractivity contribution is 5.25. The molecule has 16 heavy (non-hydrogen) atoms. The van der Waals surface area contributed by atoms with Gasteiger partial charge in [0, 0.05) is 5.41 Å². The normalized spacial score (nSPS) is 43.9. The van der Waals surface area contributed by atoms with E-state index >= 15 is 0 Å². The van der Waals surface area contributed by atoms with Crippen molar-refractivity contribution >= 4 is 0 Å². The third-order valence-electron chi connectivity index (χ3n) is 5.07. The third kappa shape index (κ3) is 1.57. The van der Waals surface area contributed by atoms with Crippen molar-refractivity contribution in [2.24, 2.45) is 11.3 Å². The van der Waals surface area contributed by atoms with E-state index in [1.165, 1.54) is 18.4 Å². The zero-order valence-corrected chi connectivity index (χ0v) is 10.7. The molecule has 0 aromatic heterocycles. The lowest BCUT2D eigenvalue weighted by Crippen LogP contribution is -2.54. The van der Waals surface area contributed by atoms with Crippen LogP contribution in [0.15, 0.2) is 24.3 Å². The minimum atomic E-state index is -0.632. The van der Waals surface area contributed by atoms with Crippen molar-refractivity contribution in [3.63, 3.8) is 0 Å². The number of rotatable bonds is 1. The number of hydrogen-bond donors (Lipinski definition) is 1. The average molecular weight is 220 g/mol. The van der Waals surface area contributed by atoms with Crippen LogP contribution in [0.5, 0.6) is 0 Å². The summed E-state index contributed by atoms with van der Waals surface area (Å²) >= 11 is 0. The van der Waals surface area contributed by atoms with E-state index in [4.69, 9.17) is 0 Å². The number of allylic oxidation sites excluding steroid dienone is 1. The minimum absolute atomic E-state index is 0.0638. The van der Waals surface area contributed by atoms with Gasteiger partial charge in [-0.05, 0) is 56.9 Å². The zero-order valence-electron chi connectivity index (χ0n) is 10.7. The van der Waals surface area contributed by atoms with Gasteiger partial charge in [-0.2, -0.15) is 0 Å². The second-order valence-electron chi connectivity index (χ2n) is 6.16. The van der Waals surface area contributed by atoms with Gasteiger partial charge in [0.1, 0.15) is 0 Å². The Bertz CT molecular complexity index is 330. The summed E-state index contributed by atoms with van der Waals surface area (Å²) in [5, 5.41) is 11.0. The molecule has 3 atom stereocenters. The molecule has 2 rings (SSSR count). The summed E-state index contributed by atoms with van der Waals surface area (Å²) in [7, 11) is 0. The summed E-state index contributed by atoms with van der Waals surface area (Å²) < 4.78 is 0. The van der Waals surface area contributed by atoms with Crippen molar-refractivity contribution in [3.8, 4) is 0 Å². The molecule has 0 bridgehead atoms. The lowest BCUT2D eigenvalue weighted by atomic mass is 9.53. The Labute approximate surface area is 99.3 Å². The Hall–Kier alpha value is -0.560. The highest BCUT2D eigenvalue weighted by Gasteiger charge is 2.53. The van der Waals surface area contributed by atoms with E-state index in [1.54, 1.807) is 0 Å². The summed E-state index contributed by atoms with van der Waals surface area (Å²) in [6, 6.07) is 0. The molecule has 0 radical (unpaired) electrons. The Morgan fingerprint density at radius 3 is 2.75 bits per heavy atom. The van der Waals surface area contributed by atoms with E-state index in [0.717, 1.165) is 31.3 Å². The molecule has 0 spiro atoms. The molecule has 0 aliphatic heterocycles. The second-order valence-corrected chi connectivity index (χ2v) is 6.16. The molecule has 1 heteroatoms. The van der Waals surface area contributed by atoms with Crippen LogP contribution >= 0.6 is 0 Å². The second kappa shape index (κ2) is 3.73. The molecular formula is C15H24O. The first-order valence-corrected chi connectivity index (χ1v) is 6.45. The molecule has 1 nitrogen and oxygen atoms in total. The Balaban J connectivity index is 2.29. The van der Waals surface area contributed by atoms with Gasteiger partial charge in [-0.1, -0.05) is 25.7 Å². The first kappa shape index (κ1) is 11.9. The molecule has 1 N–H and O–H groups in total. The maximum atomic E-state index is 11.0. The van der Waals surface area contributed by atoms with E-state index in [0.29, 0.717) is 5.92 Å². The van der Waals surface area contributed by atoms with Crippen molar-refractivity contribution in [3.05, 3.63) is 24.3 Å². The SMILES string of the molecule is C=C(C)[C@H]1CC[C@]2(C)CCCC(=C)[C@]2(O)C1. The summed E-state index contributed by atoms with van der Waals surface area (Å²) in [4.78, 5) is 0. The van der Waals surface area contributed by atoms with Crippen molar-refractivity contribution in [1.82, 2.24) is 0 Å². The first-order chi connectivity index (χ1) is 7.39. The third-order valence-corrected chi connectivity index (χ3v) is 5.07. The van der Waals surface area contributed by atoms with Crippen LogP contribution in [0.25, 0.3) is 0 Å². The van der Waals surface area contributed by atoms with Crippen LogP contribution in [0.4, 0.5) is 0 Å². The minimum Gasteiger partial charge on any atom is -0.385 e. The topological polar surface area (TPSA) is 20.2 Å². The molecule has 90 valence electrons. The maximum absolute atomic E-state index is 11.0. The largest absolute Gasteiger partial charge is 0.385 e. The Morgan fingerprint density at radius 2 is 2.12 bits per heavy atom. The molecule has 0 aromatic rings. The molecule has 0 heterocycles. The molecule has 2 saturated carbocycles. The first-order valence-electron chi connectivity index (χ1n) is 6.45.